The van der Waals surface area contributed by atoms with Gasteiger partial charge >= 0.3 is 0 Å². The van der Waals surface area contributed by atoms with Crippen LogP contribution in [0.5, 0.6) is 0 Å². The number of hydrogen-bond acceptors (Lipinski definition) is 4. The zero-order chi connectivity index (χ0) is 21.4. The van der Waals surface area contributed by atoms with E-state index in [0.717, 1.165) is 36.2 Å². The lowest BCUT2D eigenvalue weighted by Gasteiger charge is -2.40. The number of nitriles is 1. The molecule has 31 heavy (non-hydrogen) atoms. The van der Waals surface area contributed by atoms with E-state index in [4.69, 9.17) is 21.8 Å². The molecule has 2 aromatic carbocycles. The number of H-pyrrole nitrogens is 1. The third kappa shape index (κ3) is 3.43. The van der Waals surface area contributed by atoms with Crippen molar-refractivity contribution in [3.63, 3.8) is 0 Å². The summed E-state index contributed by atoms with van der Waals surface area (Å²) in [5, 5.41) is 12.5. The quantitative estimate of drug-likeness (QED) is 0.467. The number of fused-ring (bicyclic) bond motifs is 1. The van der Waals surface area contributed by atoms with E-state index in [2.05, 4.69) is 21.4 Å². The van der Waals surface area contributed by atoms with Crippen LogP contribution >= 0.6 is 11.6 Å². The molecule has 7 heteroatoms. The lowest BCUT2D eigenvalue weighted by molar-refractivity contribution is 0.102. The van der Waals surface area contributed by atoms with Crippen molar-refractivity contribution in [2.45, 2.75) is 24.7 Å². The second kappa shape index (κ2) is 7.53. The third-order valence-electron chi connectivity index (χ3n) is 5.91. The second-order valence-electron chi connectivity index (χ2n) is 7.77. The predicted molar refractivity (Wildman–Crippen MR) is 119 cm³/mol. The van der Waals surface area contributed by atoms with Gasteiger partial charge in [0.1, 0.15) is 5.82 Å². The zero-order valence-electron chi connectivity index (χ0n) is 16.5. The highest BCUT2D eigenvalue weighted by molar-refractivity contribution is 6.31. The molecule has 4 aromatic rings. The van der Waals surface area contributed by atoms with E-state index >= 15 is 0 Å². The first-order chi connectivity index (χ1) is 15.1. The van der Waals surface area contributed by atoms with Gasteiger partial charge in [0, 0.05) is 17.4 Å². The normalized spacial score (nSPS) is 14.6. The fourth-order valence-corrected chi connectivity index (χ4v) is 4.26. The highest BCUT2D eigenvalue weighted by Crippen LogP contribution is 2.48. The molecule has 5 rings (SSSR count). The van der Waals surface area contributed by atoms with Gasteiger partial charge < -0.3 is 10.3 Å². The first-order valence-corrected chi connectivity index (χ1v) is 10.4. The van der Waals surface area contributed by atoms with Crippen LogP contribution in [0.3, 0.4) is 0 Å². The summed E-state index contributed by atoms with van der Waals surface area (Å²) >= 11 is 6.07. The van der Waals surface area contributed by atoms with Crippen LogP contribution in [0, 0.1) is 11.3 Å². The standard InChI is InChI=1S/C24H18ClN5O/c25-18-12-20-21(27-14-18)30-23(29-20)24(9-2-10-24)17-5-7-19(8-6-17)28-22(31)16-4-1-3-15(11-16)13-26/h1,3-8,11-12,14H,2,9-10H2,(H,28,31)(H,27,29,30). The van der Waals surface area contributed by atoms with Gasteiger partial charge in [0.25, 0.3) is 5.91 Å². The van der Waals surface area contributed by atoms with Crippen LogP contribution in [0.1, 0.15) is 46.6 Å². The van der Waals surface area contributed by atoms with Crippen molar-refractivity contribution >= 4 is 34.4 Å². The first kappa shape index (κ1) is 19.3. The summed E-state index contributed by atoms with van der Waals surface area (Å²) in [6.07, 6.45) is 4.71. The van der Waals surface area contributed by atoms with Crippen LogP contribution in [-0.4, -0.2) is 20.9 Å². The largest absolute Gasteiger partial charge is 0.340 e. The van der Waals surface area contributed by atoms with Crippen LogP contribution in [0.2, 0.25) is 5.02 Å². The topological polar surface area (TPSA) is 94.5 Å². The number of amides is 1. The monoisotopic (exact) mass is 427 g/mol. The van der Waals surface area contributed by atoms with Gasteiger partial charge in [0.05, 0.1) is 27.6 Å². The molecule has 1 aliphatic rings. The predicted octanol–water partition coefficient (Wildman–Crippen LogP) is 5.21. The molecule has 0 aliphatic heterocycles. The molecule has 0 spiro atoms. The fourth-order valence-electron chi connectivity index (χ4n) is 4.10. The molecular weight excluding hydrogens is 410 g/mol. The average Bonchev–Trinajstić information content (AvgIpc) is 3.17. The molecule has 0 atom stereocenters. The van der Waals surface area contributed by atoms with Gasteiger partial charge in [-0.05, 0) is 54.8 Å². The number of rotatable bonds is 4. The van der Waals surface area contributed by atoms with Crippen molar-refractivity contribution in [1.29, 1.82) is 5.26 Å². The Morgan fingerprint density at radius 2 is 1.97 bits per heavy atom. The number of nitrogens with one attached hydrogen (secondary N) is 2. The molecule has 0 bridgehead atoms. The average molecular weight is 428 g/mol. The minimum atomic E-state index is -0.247. The molecule has 1 amide bonds. The number of anilines is 1. The Balaban J connectivity index is 1.40. The molecule has 0 saturated heterocycles. The molecule has 6 nitrogen and oxygen atoms in total. The van der Waals surface area contributed by atoms with Crippen LogP contribution < -0.4 is 5.32 Å². The summed E-state index contributed by atoms with van der Waals surface area (Å²) in [6.45, 7) is 0. The number of hydrogen-bond donors (Lipinski definition) is 2. The van der Waals surface area contributed by atoms with Gasteiger partial charge in [-0.3, -0.25) is 4.79 Å². The molecule has 2 N–H and O–H groups in total. The summed E-state index contributed by atoms with van der Waals surface area (Å²) in [5.41, 5.74) is 4.06. The Hall–Kier alpha value is -3.69. The number of carbonyl (C=O) groups is 1. The SMILES string of the molecule is N#Cc1cccc(C(=O)Nc2ccc(C3(c4nc5ncc(Cl)cc5[nH]4)CCC3)cc2)c1. The van der Waals surface area contributed by atoms with Gasteiger partial charge in [-0.2, -0.15) is 5.26 Å². The number of nitrogens with zero attached hydrogens (tertiary/aromatic N) is 3. The lowest BCUT2D eigenvalue weighted by Crippen LogP contribution is -2.36. The summed E-state index contributed by atoms with van der Waals surface area (Å²) in [6, 6.07) is 18.4. The van der Waals surface area contributed by atoms with Crippen molar-refractivity contribution in [2.75, 3.05) is 5.32 Å². The third-order valence-corrected chi connectivity index (χ3v) is 6.12. The Morgan fingerprint density at radius 3 is 2.68 bits per heavy atom. The molecule has 2 heterocycles. The van der Waals surface area contributed by atoms with Crippen LogP contribution in [0.4, 0.5) is 5.69 Å². The molecule has 2 aromatic heterocycles. The molecule has 0 unspecified atom stereocenters. The molecular formula is C24H18ClN5O. The van der Waals surface area contributed by atoms with Crippen LogP contribution in [-0.2, 0) is 5.41 Å². The first-order valence-electron chi connectivity index (χ1n) is 10.0. The minimum Gasteiger partial charge on any atom is -0.340 e. The highest BCUT2D eigenvalue weighted by atomic mass is 35.5. The van der Waals surface area contributed by atoms with Crippen LogP contribution in [0.15, 0.2) is 60.8 Å². The molecule has 1 saturated carbocycles. The van der Waals surface area contributed by atoms with Crippen LogP contribution in [0.25, 0.3) is 11.2 Å². The van der Waals surface area contributed by atoms with Crippen molar-refractivity contribution in [3.05, 3.63) is 88.3 Å². The minimum absolute atomic E-state index is 0.184. The maximum absolute atomic E-state index is 12.5. The maximum Gasteiger partial charge on any atom is 0.255 e. The lowest BCUT2D eigenvalue weighted by atomic mass is 9.64. The molecule has 0 radical (unpaired) electrons. The number of pyridine rings is 1. The summed E-state index contributed by atoms with van der Waals surface area (Å²) < 4.78 is 0. The van der Waals surface area contributed by atoms with E-state index in [1.54, 1.807) is 30.5 Å². The van der Waals surface area contributed by atoms with Crippen molar-refractivity contribution < 1.29 is 4.79 Å². The number of aromatic nitrogens is 3. The Bertz CT molecular complexity index is 1330. The summed E-state index contributed by atoms with van der Waals surface area (Å²) in [4.78, 5) is 25.0. The zero-order valence-corrected chi connectivity index (χ0v) is 17.3. The maximum atomic E-state index is 12.5. The van der Waals surface area contributed by atoms with Crippen molar-refractivity contribution in [1.82, 2.24) is 15.0 Å². The fraction of sp³-hybridized carbons (Fsp3) is 0.167. The highest BCUT2D eigenvalue weighted by Gasteiger charge is 2.43. The van der Waals surface area contributed by atoms with Gasteiger partial charge in [-0.1, -0.05) is 36.2 Å². The van der Waals surface area contributed by atoms with Gasteiger partial charge in [-0.25, -0.2) is 9.97 Å². The second-order valence-corrected chi connectivity index (χ2v) is 8.21. The number of benzene rings is 2. The van der Waals surface area contributed by atoms with E-state index in [1.807, 2.05) is 30.3 Å². The van der Waals surface area contributed by atoms with E-state index in [-0.39, 0.29) is 11.3 Å². The van der Waals surface area contributed by atoms with Gasteiger partial charge in [-0.15, -0.1) is 0 Å². The van der Waals surface area contributed by atoms with Gasteiger partial charge in [0.15, 0.2) is 5.65 Å². The molecule has 1 aliphatic carbocycles. The van der Waals surface area contributed by atoms with E-state index in [1.165, 1.54) is 0 Å². The Labute approximate surface area is 183 Å². The molecule has 1 fully saturated rings. The van der Waals surface area contributed by atoms with E-state index < -0.39 is 0 Å². The number of imidazole rings is 1. The van der Waals surface area contributed by atoms with Crippen molar-refractivity contribution in [2.24, 2.45) is 0 Å². The summed E-state index contributed by atoms with van der Waals surface area (Å²) in [5.74, 6) is 0.650. The smallest absolute Gasteiger partial charge is 0.255 e. The number of halogens is 1. The molecule has 152 valence electrons. The van der Waals surface area contributed by atoms with E-state index in [0.29, 0.717) is 27.5 Å². The van der Waals surface area contributed by atoms with E-state index in [9.17, 15) is 4.79 Å². The van der Waals surface area contributed by atoms with Crippen molar-refractivity contribution in [3.8, 4) is 6.07 Å². The number of carbonyl (C=O) groups excluding carboxylic acids is 1. The Kier molecular flexibility index (Phi) is 4.68. The summed E-state index contributed by atoms with van der Waals surface area (Å²) in [7, 11) is 0. The Morgan fingerprint density at radius 1 is 1.16 bits per heavy atom. The van der Waals surface area contributed by atoms with Gasteiger partial charge in [0.2, 0.25) is 0 Å². The number of aromatic amines is 1.